The molecular weight excluding hydrogens is 276 g/mol. The highest BCUT2D eigenvalue weighted by Crippen LogP contribution is 2.25. The van der Waals surface area contributed by atoms with Crippen LogP contribution in [0.2, 0.25) is 0 Å². The highest BCUT2D eigenvalue weighted by atomic mass is 79.9. The molecule has 1 aliphatic heterocycles. The van der Waals surface area contributed by atoms with Crippen molar-refractivity contribution in [3.05, 3.63) is 38.3 Å². The Morgan fingerprint density at radius 1 is 1.56 bits per heavy atom. The number of rotatable bonds is 4. The summed E-state index contributed by atoms with van der Waals surface area (Å²) in [6, 6.07) is 5.52. The minimum atomic E-state index is -0.389. The van der Waals surface area contributed by atoms with E-state index < -0.39 is 0 Å². The van der Waals surface area contributed by atoms with Crippen LogP contribution in [0.15, 0.2) is 22.7 Å². The van der Waals surface area contributed by atoms with Gasteiger partial charge >= 0.3 is 0 Å². The topological polar surface area (TPSA) is 64.4 Å². The van der Waals surface area contributed by atoms with E-state index in [4.69, 9.17) is 4.74 Å². The molecule has 1 fully saturated rings. The zero-order chi connectivity index (χ0) is 11.5. The molecule has 1 N–H and O–H groups in total. The number of nitro benzene ring substituents is 1. The molecule has 16 heavy (non-hydrogen) atoms. The van der Waals surface area contributed by atoms with Crippen LogP contribution in [0.25, 0.3) is 0 Å². The van der Waals surface area contributed by atoms with E-state index in [1.54, 1.807) is 12.1 Å². The Balaban J connectivity index is 2.03. The molecule has 2 rings (SSSR count). The summed E-state index contributed by atoms with van der Waals surface area (Å²) in [4.78, 5) is 10.3. The normalized spacial score (nSPS) is 15.8. The zero-order valence-electron chi connectivity index (χ0n) is 8.48. The molecule has 0 aliphatic carbocycles. The molecule has 0 bridgehead atoms. The van der Waals surface area contributed by atoms with Gasteiger partial charge in [0.25, 0.3) is 5.69 Å². The first-order chi connectivity index (χ1) is 7.66. The molecule has 0 spiro atoms. The number of halogens is 1. The van der Waals surface area contributed by atoms with E-state index in [1.807, 2.05) is 6.07 Å². The first kappa shape index (κ1) is 11.5. The maximum absolute atomic E-state index is 10.7. The molecule has 1 aromatic carbocycles. The van der Waals surface area contributed by atoms with Crippen molar-refractivity contribution in [1.82, 2.24) is 5.32 Å². The van der Waals surface area contributed by atoms with Gasteiger partial charge in [-0.15, -0.1) is 0 Å². The lowest BCUT2D eigenvalue weighted by Crippen LogP contribution is -2.45. The Bertz CT molecular complexity index is 407. The molecule has 1 heterocycles. The van der Waals surface area contributed by atoms with Gasteiger partial charge in [-0.05, 0) is 27.6 Å². The minimum absolute atomic E-state index is 0.101. The smallest absolute Gasteiger partial charge is 0.283 e. The van der Waals surface area contributed by atoms with Gasteiger partial charge < -0.3 is 10.1 Å². The maximum Gasteiger partial charge on any atom is 0.283 e. The molecular formula is C10H11BrN2O3. The number of ether oxygens (including phenoxy) is 1. The van der Waals surface area contributed by atoms with Gasteiger partial charge in [0.15, 0.2) is 0 Å². The van der Waals surface area contributed by atoms with E-state index in [0.717, 1.165) is 18.8 Å². The average molecular weight is 287 g/mol. The van der Waals surface area contributed by atoms with Crippen molar-refractivity contribution in [2.24, 2.45) is 0 Å². The number of benzene rings is 1. The van der Waals surface area contributed by atoms with Crippen molar-refractivity contribution in [2.45, 2.75) is 12.6 Å². The fraction of sp³-hybridized carbons (Fsp3) is 0.400. The summed E-state index contributed by atoms with van der Waals surface area (Å²) in [5.41, 5.74) is 1.01. The Labute approximate surface area is 101 Å². The summed E-state index contributed by atoms with van der Waals surface area (Å²) >= 11 is 3.15. The van der Waals surface area contributed by atoms with Crippen molar-refractivity contribution in [1.29, 1.82) is 0 Å². The van der Waals surface area contributed by atoms with Crippen LogP contribution in [0, 0.1) is 10.1 Å². The van der Waals surface area contributed by atoms with Crippen LogP contribution in [0.5, 0.6) is 0 Å². The van der Waals surface area contributed by atoms with Gasteiger partial charge in [0.1, 0.15) is 0 Å². The number of nitrogens with one attached hydrogen (secondary N) is 1. The van der Waals surface area contributed by atoms with Gasteiger partial charge in [-0.2, -0.15) is 0 Å². The van der Waals surface area contributed by atoms with E-state index in [9.17, 15) is 10.1 Å². The van der Waals surface area contributed by atoms with Gasteiger partial charge in [0, 0.05) is 12.6 Å². The van der Waals surface area contributed by atoms with Crippen molar-refractivity contribution in [3.8, 4) is 0 Å². The second-order valence-electron chi connectivity index (χ2n) is 3.66. The fourth-order valence-electron chi connectivity index (χ4n) is 1.42. The molecule has 1 saturated heterocycles. The molecule has 0 amide bonds. The second-order valence-corrected chi connectivity index (χ2v) is 4.51. The summed E-state index contributed by atoms with van der Waals surface area (Å²) in [6.45, 7) is 2.07. The van der Waals surface area contributed by atoms with E-state index >= 15 is 0 Å². The van der Waals surface area contributed by atoms with Crippen LogP contribution < -0.4 is 5.32 Å². The molecule has 0 aromatic heterocycles. The minimum Gasteiger partial charge on any atom is -0.378 e. The molecule has 0 radical (unpaired) electrons. The lowest BCUT2D eigenvalue weighted by Gasteiger charge is -2.26. The van der Waals surface area contributed by atoms with Crippen LogP contribution in [0.1, 0.15) is 5.56 Å². The van der Waals surface area contributed by atoms with E-state index in [-0.39, 0.29) is 10.6 Å². The molecule has 86 valence electrons. The zero-order valence-corrected chi connectivity index (χ0v) is 10.1. The molecule has 1 aliphatic rings. The number of nitrogens with zero attached hydrogens (tertiary/aromatic N) is 1. The molecule has 5 nitrogen and oxygen atoms in total. The van der Waals surface area contributed by atoms with Gasteiger partial charge in [0.2, 0.25) is 0 Å². The first-order valence-corrected chi connectivity index (χ1v) is 5.70. The Hall–Kier alpha value is -0.980. The van der Waals surface area contributed by atoms with Crippen molar-refractivity contribution < 1.29 is 9.66 Å². The van der Waals surface area contributed by atoms with Crippen LogP contribution in [-0.2, 0) is 11.3 Å². The average Bonchev–Trinajstić information content (AvgIpc) is 2.17. The predicted molar refractivity (Wildman–Crippen MR) is 62.2 cm³/mol. The number of nitro groups is 1. The third-order valence-electron chi connectivity index (χ3n) is 2.44. The summed E-state index contributed by atoms with van der Waals surface area (Å²) in [7, 11) is 0. The fourth-order valence-corrected chi connectivity index (χ4v) is 1.82. The highest BCUT2D eigenvalue weighted by Gasteiger charge is 2.18. The van der Waals surface area contributed by atoms with Crippen molar-refractivity contribution >= 4 is 21.6 Å². The van der Waals surface area contributed by atoms with Gasteiger partial charge in [-0.25, -0.2) is 0 Å². The van der Waals surface area contributed by atoms with Crippen molar-refractivity contribution in [2.75, 3.05) is 13.2 Å². The Morgan fingerprint density at radius 2 is 2.31 bits per heavy atom. The lowest BCUT2D eigenvalue weighted by molar-refractivity contribution is -0.385. The predicted octanol–water partition coefficient (Wildman–Crippen LogP) is 1.85. The molecule has 0 saturated carbocycles. The van der Waals surface area contributed by atoms with Crippen LogP contribution in [0.4, 0.5) is 5.69 Å². The summed E-state index contributed by atoms with van der Waals surface area (Å²) < 4.78 is 5.53. The van der Waals surface area contributed by atoms with Crippen LogP contribution in [-0.4, -0.2) is 24.2 Å². The second kappa shape index (κ2) is 4.90. The third-order valence-corrected chi connectivity index (χ3v) is 3.11. The largest absolute Gasteiger partial charge is 0.378 e. The molecule has 0 unspecified atom stereocenters. The lowest BCUT2D eigenvalue weighted by atomic mass is 10.2. The number of hydrogen-bond donors (Lipinski definition) is 1. The number of hydrogen-bond acceptors (Lipinski definition) is 4. The Morgan fingerprint density at radius 3 is 2.88 bits per heavy atom. The molecule has 6 heteroatoms. The molecule has 1 aromatic rings. The maximum atomic E-state index is 10.7. The van der Waals surface area contributed by atoms with E-state index in [2.05, 4.69) is 21.2 Å². The van der Waals surface area contributed by atoms with Crippen LogP contribution >= 0.6 is 15.9 Å². The summed E-state index contributed by atoms with van der Waals surface area (Å²) in [5, 5.41) is 14.0. The highest BCUT2D eigenvalue weighted by molar-refractivity contribution is 9.10. The summed E-state index contributed by atoms with van der Waals surface area (Å²) in [5.74, 6) is 0. The van der Waals surface area contributed by atoms with Crippen LogP contribution in [0.3, 0.4) is 0 Å². The summed E-state index contributed by atoms with van der Waals surface area (Å²) in [6.07, 6.45) is 0. The molecule has 0 atom stereocenters. The first-order valence-electron chi connectivity index (χ1n) is 4.91. The van der Waals surface area contributed by atoms with E-state index in [1.165, 1.54) is 0 Å². The van der Waals surface area contributed by atoms with Gasteiger partial charge in [0.05, 0.1) is 28.7 Å². The Kier molecular flexibility index (Phi) is 3.52. The van der Waals surface area contributed by atoms with E-state index in [0.29, 0.717) is 17.1 Å². The standard InChI is InChI=1S/C10H11BrN2O3/c11-9-2-1-7(3-10(9)13(14)15)4-12-8-5-16-6-8/h1-3,8,12H,4-6H2. The third kappa shape index (κ3) is 2.58. The van der Waals surface area contributed by atoms with Crippen molar-refractivity contribution in [3.63, 3.8) is 0 Å². The van der Waals surface area contributed by atoms with Gasteiger partial charge in [-0.1, -0.05) is 6.07 Å². The van der Waals surface area contributed by atoms with Gasteiger partial charge in [-0.3, -0.25) is 10.1 Å². The monoisotopic (exact) mass is 286 g/mol. The SMILES string of the molecule is O=[N+]([O-])c1cc(CNC2COC2)ccc1Br. The quantitative estimate of drug-likeness (QED) is 0.678.